The number of nitrogens with two attached hydrogens (primary N) is 1. The van der Waals surface area contributed by atoms with Gasteiger partial charge in [0.15, 0.2) is 0 Å². The van der Waals surface area contributed by atoms with Crippen LogP contribution in [0.5, 0.6) is 5.75 Å². The van der Waals surface area contributed by atoms with Gasteiger partial charge in [-0.25, -0.2) is 0 Å². The topological polar surface area (TPSA) is 41.7 Å². The first-order valence-corrected chi connectivity index (χ1v) is 7.88. The van der Waals surface area contributed by atoms with Crippen LogP contribution in [0.2, 0.25) is 5.02 Å². The predicted molar refractivity (Wildman–Crippen MR) is 88.1 cm³/mol. The first-order chi connectivity index (χ1) is 10.1. The highest BCUT2D eigenvalue weighted by Crippen LogP contribution is 2.33. The number of likely N-dealkylation sites (tertiary alicyclic amines) is 1. The molecule has 2 atom stereocenters. The molecule has 4 nitrogen and oxygen atoms in total. The van der Waals surface area contributed by atoms with Crippen LogP contribution in [0.25, 0.3) is 0 Å². The second-order valence-electron chi connectivity index (χ2n) is 5.94. The molecule has 1 aromatic carbocycles. The highest BCUT2D eigenvalue weighted by molar-refractivity contribution is 6.32. The quantitative estimate of drug-likeness (QED) is 0.876. The molecule has 5 heteroatoms. The van der Waals surface area contributed by atoms with Crippen LogP contribution in [0.3, 0.4) is 0 Å². The minimum Gasteiger partial charge on any atom is -0.495 e. The van der Waals surface area contributed by atoms with Crippen LogP contribution in [0.4, 0.5) is 0 Å². The molecule has 0 spiro atoms. The number of rotatable bonds is 6. The van der Waals surface area contributed by atoms with Crippen LogP contribution in [0.1, 0.15) is 24.4 Å². The Bertz CT molecular complexity index is 467. The van der Waals surface area contributed by atoms with Gasteiger partial charge in [-0.3, -0.25) is 4.90 Å². The number of ether oxygens (including phenoxy) is 1. The van der Waals surface area contributed by atoms with Crippen LogP contribution in [0, 0.1) is 0 Å². The second-order valence-corrected chi connectivity index (χ2v) is 6.35. The van der Waals surface area contributed by atoms with Gasteiger partial charge in [0.25, 0.3) is 0 Å². The van der Waals surface area contributed by atoms with Crippen molar-refractivity contribution in [1.29, 1.82) is 0 Å². The molecule has 1 aromatic rings. The SMILES string of the molecule is COc1ccc(C(CN)N2CCCC2CN(C)C)cc1Cl. The van der Waals surface area contributed by atoms with Gasteiger partial charge in [0.1, 0.15) is 5.75 Å². The van der Waals surface area contributed by atoms with Crippen LogP contribution in [0.15, 0.2) is 18.2 Å². The Labute approximate surface area is 132 Å². The number of halogens is 1. The Hall–Kier alpha value is -0.810. The zero-order valence-corrected chi connectivity index (χ0v) is 13.9. The molecule has 0 aliphatic carbocycles. The lowest BCUT2D eigenvalue weighted by Gasteiger charge is -2.34. The van der Waals surface area contributed by atoms with Crippen molar-refractivity contribution in [2.75, 3.05) is 40.8 Å². The summed E-state index contributed by atoms with van der Waals surface area (Å²) in [6.45, 7) is 2.77. The zero-order chi connectivity index (χ0) is 15.4. The molecule has 0 radical (unpaired) electrons. The summed E-state index contributed by atoms with van der Waals surface area (Å²) in [6, 6.07) is 6.78. The monoisotopic (exact) mass is 311 g/mol. The van der Waals surface area contributed by atoms with E-state index in [4.69, 9.17) is 22.1 Å². The lowest BCUT2D eigenvalue weighted by molar-refractivity contribution is 0.156. The average molecular weight is 312 g/mol. The van der Waals surface area contributed by atoms with E-state index < -0.39 is 0 Å². The summed E-state index contributed by atoms with van der Waals surface area (Å²) in [4.78, 5) is 4.77. The van der Waals surface area contributed by atoms with E-state index in [2.05, 4.69) is 30.0 Å². The lowest BCUT2D eigenvalue weighted by atomic mass is 10.0. The van der Waals surface area contributed by atoms with E-state index in [1.165, 1.54) is 18.4 Å². The van der Waals surface area contributed by atoms with Gasteiger partial charge in [-0.1, -0.05) is 17.7 Å². The van der Waals surface area contributed by atoms with Crippen LogP contribution >= 0.6 is 11.6 Å². The third-order valence-corrected chi connectivity index (χ3v) is 4.48. The molecule has 0 amide bonds. The van der Waals surface area contributed by atoms with Crippen LogP contribution in [-0.2, 0) is 0 Å². The summed E-state index contributed by atoms with van der Waals surface area (Å²) in [5.41, 5.74) is 7.24. The van der Waals surface area contributed by atoms with Crippen molar-refractivity contribution >= 4 is 11.6 Å². The molecular formula is C16H26ClN3O. The van der Waals surface area contributed by atoms with Crippen molar-refractivity contribution in [2.45, 2.75) is 24.9 Å². The van der Waals surface area contributed by atoms with Crippen LogP contribution < -0.4 is 10.5 Å². The summed E-state index contributed by atoms with van der Waals surface area (Å²) < 4.78 is 5.23. The molecule has 1 aliphatic heterocycles. The number of hydrogen-bond acceptors (Lipinski definition) is 4. The molecule has 118 valence electrons. The maximum atomic E-state index is 6.27. The number of likely N-dealkylation sites (N-methyl/N-ethyl adjacent to an activating group) is 1. The first-order valence-electron chi connectivity index (χ1n) is 7.50. The number of benzene rings is 1. The van der Waals surface area contributed by atoms with Gasteiger partial charge >= 0.3 is 0 Å². The Morgan fingerprint density at radius 2 is 2.24 bits per heavy atom. The van der Waals surface area contributed by atoms with E-state index in [0.29, 0.717) is 23.4 Å². The normalized spacial score (nSPS) is 21.0. The summed E-state index contributed by atoms with van der Waals surface area (Å²) in [5.74, 6) is 0.711. The summed E-state index contributed by atoms with van der Waals surface area (Å²) in [5, 5.41) is 0.650. The van der Waals surface area contributed by atoms with E-state index in [1.807, 2.05) is 12.1 Å². The third-order valence-electron chi connectivity index (χ3n) is 4.18. The minimum atomic E-state index is 0.223. The van der Waals surface area contributed by atoms with Crippen molar-refractivity contribution in [2.24, 2.45) is 5.73 Å². The lowest BCUT2D eigenvalue weighted by Crippen LogP contribution is -2.42. The molecule has 1 aliphatic rings. The fourth-order valence-electron chi connectivity index (χ4n) is 3.24. The third kappa shape index (κ3) is 3.89. The van der Waals surface area contributed by atoms with Crippen molar-refractivity contribution in [3.05, 3.63) is 28.8 Å². The molecule has 21 heavy (non-hydrogen) atoms. The molecule has 1 heterocycles. The highest BCUT2D eigenvalue weighted by atomic mass is 35.5. The number of methoxy groups -OCH3 is 1. The maximum Gasteiger partial charge on any atom is 0.137 e. The Morgan fingerprint density at radius 3 is 2.81 bits per heavy atom. The fourth-order valence-corrected chi connectivity index (χ4v) is 3.50. The standard InChI is InChI=1S/C16H26ClN3O/c1-19(2)11-13-5-4-8-20(13)15(10-18)12-6-7-16(21-3)14(17)9-12/h6-7,9,13,15H,4-5,8,10-11,18H2,1-3H3. The molecule has 1 fully saturated rings. The molecule has 2 unspecified atom stereocenters. The predicted octanol–water partition coefficient (Wildman–Crippen LogP) is 2.37. The molecule has 1 saturated heterocycles. The smallest absolute Gasteiger partial charge is 0.137 e. The van der Waals surface area contributed by atoms with Crippen molar-refractivity contribution in [3.8, 4) is 5.75 Å². The Morgan fingerprint density at radius 1 is 1.48 bits per heavy atom. The van der Waals surface area contributed by atoms with E-state index in [1.54, 1.807) is 7.11 Å². The van der Waals surface area contributed by atoms with Crippen molar-refractivity contribution < 1.29 is 4.74 Å². The van der Waals surface area contributed by atoms with Gasteiger partial charge in [0.2, 0.25) is 0 Å². The van der Waals surface area contributed by atoms with Gasteiger partial charge in [-0.05, 0) is 51.2 Å². The second kappa shape index (κ2) is 7.45. The fraction of sp³-hybridized carbons (Fsp3) is 0.625. The molecule has 2 rings (SSSR count). The molecule has 0 saturated carbocycles. The molecule has 0 aromatic heterocycles. The van der Waals surface area contributed by atoms with Crippen molar-refractivity contribution in [3.63, 3.8) is 0 Å². The van der Waals surface area contributed by atoms with Gasteiger partial charge in [-0.2, -0.15) is 0 Å². The molecule has 2 N–H and O–H groups in total. The van der Waals surface area contributed by atoms with Crippen molar-refractivity contribution in [1.82, 2.24) is 9.80 Å². The maximum absolute atomic E-state index is 6.27. The summed E-state index contributed by atoms with van der Waals surface area (Å²) in [6.07, 6.45) is 2.47. The van der Waals surface area contributed by atoms with Gasteiger partial charge < -0.3 is 15.4 Å². The average Bonchev–Trinajstić information content (AvgIpc) is 2.87. The summed E-state index contributed by atoms with van der Waals surface area (Å²) in [7, 11) is 5.88. The zero-order valence-electron chi connectivity index (χ0n) is 13.2. The number of nitrogens with zero attached hydrogens (tertiary/aromatic N) is 2. The molecular weight excluding hydrogens is 286 g/mol. The van der Waals surface area contributed by atoms with Gasteiger partial charge in [0, 0.05) is 25.2 Å². The van der Waals surface area contributed by atoms with Gasteiger partial charge in [-0.15, -0.1) is 0 Å². The number of hydrogen-bond donors (Lipinski definition) is 1. The largest absolute Gasteiger partial charge is 0.495 e. The molecule has 0 bridgehead atoms. The van der Waals surface area contributed by atoms with E-state index in [9.17, 15) is 0 Å². The summed E-state index contributed by atoms with van der Waals surface area (Å²) >= 11 is 6.27. The van der Waals surface area contributed by atoms with Gasteiger partial charge in [0.05, 0.1) is 12.1 Å². The van der Waals surface area contributed by atoms with E-state index in [0.717, 1.165) is 13.1 Å². The highest BCUT2D eigenvalue weighted by Gasteiger charge is 2.31. The van der Waals surface area contributed by atoms with Crippen LogP contribution in [-0.4, -0.2) is 56.7 Å². The van der Waals surface area contributed by atoms with E-state index in [-0.39, 0.29) is 6.04 Å². The Balaban J connectivity index is 2.20. The Kier molecular flexibility index (Phi) is 5.88. The first kappa shape index (κ1) is 16.6. The van der Waals surface area contributed by atoms with E-state index >= 15 is 0 Å². The minimum absolute atomic E-state index is 0.223.